The lowest BCUT2D eigenvalue weighted by Crippen LogP contribution is -2.10. The molecule has 4 aromatic rings. The van der Waals surface area contributed by atoms with Crippen molar-refractivity contribution in [3.63, 3.8) is 0 Å². The van der Waals surface area contributed by atoms with Crippen LogP contribution in [-0.4, -0.2) is 30.1 Å². The first-order chi connectivity index (χ1) is 15.0. The zero-order valence-corrected chi connectivity index (χ0v) is 17.5. The summed E-state index contributed by atoms with van der Waals surface area (Å²) in [6.07, 6.45) is 7.68. The van der Waals surface area contributed by atoms with Gasteiger partial charge in [0, 0.05) is 30.7 Å². The molecule has 5 rings (SSSR count). The van der Waals surface area contributed by atoms with E-state index in [2.05, 4.69) is 37.5 Å². The summed E-state index contributed by atoms with van der Waals surface area (Å²) in [4.78, 5) is 30.2. The van der Waals surface area contributed by atoms with Gasteiger partial charge >= 0.3 is 0 Å². The number of fused-ring (bicyclic) bond motifs is 1. The van der Waals surface area contributed by atoms with Crippen LogP contribution in [0.15, 0.2) is 43.0 Å². The fourth-order valence-electron chi connectivity index (χ4n) is 3.82. The predicted molar refractivity (Wildman–Crippen MR) is 118 cm³/mol. The molecule has 31 heavy (non-hydrogen) atoms. The van der Waals surface area contributed by atoms with Crippen molar-refractivity contribution in [1.29, 1.82) is 0 Å². The molecule has 0 spiro atoms. The maximum atomic E-state index is 13.0. The van der Waals surface area contributed by atoms with Crippen LogP contribution in [0.5, 0.6) is 0 Å². The third kappa shape index (κ3) is 3.84. The van der Waals surface area contributed by atoms with Crippen molar-refractivity contribution in [3.8, 4) is 0 Å². The van der Waals surface area contributed by atoms with Gasteiger partial charge in [0.15, 0.2) is 0 Å². The summed E-state index contributed by atoms with van der Waals surface area (Å²) in [5.41, 5.74) is 11.5. The largest absolute Gasteiger partial charge is 0.384 e. The first-order valence-corrected chi connectivity index (χ1v) is 10.3. The van der Waals surface area contributed by atoms with Gasteiger partial charge in [-0.3, -0.25) is 4.79 Å². The first kappa shape index (κ1) is 19.2. The number of aromatic nitrogens is 5. The molecular weight excluding hydrogens is 390 g/mol. The van der Waals surface area contributed by atoms with Gasteiger partial charge in [-0.15, -0.1) is 0 Å². The van der Waals surface area contributed by atoms with Gasteiger partial charge in [-0.05, 0) is 61.4 Å². The lowest BCUT2D eigenvalue weighted by molar-refractivity contribution is 0.103. The second-order valence-electron chi connectivity index (χ2n) is 8.03. The molecule has 0 aliphatic heterocycles. The molecule has 0 amide bonds. The van der Waals surface area contributed by atoms with Crippen molar-refractivity contribution in [1.82, 2.24) is 24.3 Å². The molecule has 0 saturated heterocycles. The Morgan fingerprint density at radius 1 is 1.13 bits per heavy atom. The number of carbonyl (C=O) groups is 1. The molecule has 1 saturated carbocycles. The van der Waals surface area contributed by atoms with Gasteiger partial charge in [-0.1, -0.05) is 6.07 Å². The Bertz CT molecular complexity index is 1280. The van der Waals surface area contributed by atoms with Crippen LogP contribution in [0.1, 0.15) is 57.3 Å². The van der Waals surface area contributed by atoms with Crippen LogP contribution < -0.4 is 11.1 Å². The second-order valence-corrected chi connectivity index (χ2v) is 8.03. The minimum absolute atomic E-state index is 0.233. The van der Waals surface area contributed by atoms with Crippen LogP contribution in [0.4, 0.5) is 11.6 Å². The number of hydrogen-bond acceptors (Lipinski definition) is 7. The molecule has 156 valence electrons. The smallest absolute Gasteiger partial charge is 0.231 e. The van der Waals surface area contributed by atoms with Gasteiger partial charge in [-0.2, -0.15) is 0 Å². The molecule has 0 unspecified atom stereocenters. The first-order valence-electron chi connectivity index (χ1n) is 10.3. The number of nitrogens with one attached hydrogen (secondary N) is 1. The second kappa shape index (κ2) is 7.46. The van der Waals surface area contributed by atoms with Crippen molar-refractivity contribution >= 4 is 23.1 Å². The highest BCUT2D eigenvalue weighted by Gasteiger charge is 2.24. The van der Waals surface area contributed by atoms with Crippen LogP contribution in [0.3, 0.4) is 0 Å². The molecule has 4 heterocycles. The third-order valence-corrected chi connectivity index (χ3v) is 5.68. The van der Waals surface area contributed by atoms with E-state index in [-0.39, 0.29) is 5.78 Å². The molecule has 8 nitrogen and oxygen atoms in total. The van der Waals surface area contributed by atoms with Gasteiger partial charge in [0.2, 0.25) is 5.78 Å². The maximum Gasteiger partial charge on any atom is 0.231 e. The number of nitrogen functional groups attached to an aromatic ring is 1. The molecule has 1 aliphatic carbocycles. The monoisotopic (exact) mass is 413 g/mol. The lowest BCUT2D eigenvalue weighted by atomic mass is 10.1. The quantitative estimate of drug-likeness (QED) is 0.466. The number of imidazole rings is 1. The molecule has 8 heteroatoms. The van der Waals surface area contributed by atoms with Crippen molar-refractivity contribution in [3.05, 3.63) is 76.8 Å². The molecule has 4 aromatic heterocycles. The average molecular weight is 413 g/mol. The van der Waals surface area contributed by atoms with E-state index in [1.54, 1.807) is 12.3 Å². The van der Waals surface area contributed by atoms with Crippen LogP contribution in [-0.2, 0) is 6.54 Å². The number of hydrogen-bond donors (Lipinski definition) is 2. The summed E-state index contributed by atoms with van der Waals surface area (Å²) >= 11 is 0. The van der Waals surface area contributed by atoms with E-state index < -0.39 is 0 Å². The summed E-state index contributed by atoms with van der Waals surface area (Å²) in [7, 11) is 0. The van der Waals surface area contributed by atoms with Gasteiger partial charge in [0.25, 0.3) is 0 Å². The highest BCUT2D eigenvalue weighted by atomic mass is 16.1. The zero-order chi connectivity index (χ0) is 21.5. The van der Waals surface area contributed by atoms with Crippen LogP contribution in [0.25, 0.3) is 5.65 Å². The summed E-state index contributed by atoms with van der Waals surface area (Å²) in [6, 6.07) is 7.55. The fourth-order valence-corrected chi connectivity index (χ4v) is 3.82. The number of anilines is 2. The Morgan fingerprint density at radius 3 is 2.74 bits per heavy atom. The van der Waals surface area contributed by atoms with Crippen LogP contribution in [0.2, 0.25) is 0 Å². The standard InChI is InChI=1S/C23H23N7O/c1-13-7-20(24)28-14(2)17(13)9-25-21-8-18(26-12-27-21)23(31)19-11-30-10-16(15-3-4-15)5-6-22(30)29-19/h5-8,10-12,15H,3-4,9H2,1-2H3,(H2,24,28)(H,25,26,27). The maximum absolute atomic E-state index is 13.0. The highest BCUT2D eigenvalue weighted by Crippen LogP contribution is 2.39. The van der Waals surface area contributed by atoms with E-state index in [1.165, 1.54) is 24.7 Å². The Hall–Kier alpha value is -3.81. The van der Waals surface area contributed by atoms with Crippen molar-refractivity contribution in [2.45, 2.75) is 39.2 Å². The average Bonchev–Trinajstić information content (AvgIpc) is 3.51. The van der Waals surface area contributed by atoms with Crippen molar-refractivity contribution in [2.24, 2.45) is 0 Å². The summed E-state index contributed by atoms with van der Waals surface area (Å²) in [5, 5.41) is 3.25. The summed E-state index contributed by atoms with van der Waals surface area (Å²) in [6.45, 7) is 4.44. The van der Waals surface area contributed by atoms with E-state index in [0.717, 1.165) is 22.5 Å². The molecule has 0 bridgehead atoms. The highest BCUT2D eigenvalue weighted by molar-refractivity contribution is 6.07. The molecular formula is C23H23N7O. The molecule has 1 aliphatic rings. The third-order valence-electron chi connectivity index (χ3n) is 5.68. The minimum atomic E-state index is -0.233. The lowest BCUT2D eigenvalue weighted by Gasteiger charge is -2.12. The van der Waals surface area contributed by atoms with Gasteiger partial charge < -0.3 is 15.5 Å². The van der Waals surface area contributed by atoms with E-state index in [4.69, 9.17) is 5.73 Å². The zero-order valence-electron chi connectivity index (χ0n) is 17.5. The van der Waals surface area contributed by atoms with Crippen LogP contribution >= 0.6 is 0 Å². The Labute approximate surface area is 179 Å². The number of aryl methyl sites for hydroxylation is 2. The number of ketones is 1. The molecule has 0 aromatic carbocycles. The fraction of sp³-hybridized carbons (Fsp3) is 0.261. The molecule has 3 N–H and O–H groups in total. The number of carbonyl (C=O) groups excluding carboxylic acids is 1. The Balaban J connectivity index is 1.36. The number of nitrogens with zero attached hydrogens (tertiary/aromatic N) is 5. The van der Waals surface area contributed by atoms with Crippen molar-refractivity contribution < 1.29 is 4.79 Å². The molecule has 0 atom stereocenters. The Morgan fingerprint density at radius 2 is 1.97 bits per heavy atom. The Kier molecular flexibility index (Phi) is 4.62. The minimum Gasteiger partial charge on any atom is -0.384 e. The van der Waals surface area contributed by atoms with Crippen LogP contribution in [0, 0.1) is 13.8 Å². The number of rotatable bonds is 6. The number of nitrogens with two attached hydrogens (primary N) is 1. The topological polar surface area (TPSA) is 111 Å². The number of pyridine rings is 2. The molecule has 0 radical (unpaired) electrons. The van der Waals surface area contributed by atoms with Gasteiger partial charge in [-0.25, -0.2) is 19.9 Å². The summed E-state index contributed by atoms with van der Waals surface area (Å²) in [5.74, 6) is 1.48. The van der Waals surface area contributed by atoms with E-state index in [0.29, 0.717) is 35.5 Å². The predicted octanol–water partition coefficient (Wildman–Crippen LogP) is 3.44. The van der Waals surface area contributed by atoms with Crippen molar-refractivity contribution in [2.75, 3.05) is 11.1 Å². The summed E-state index contributed by atoms with van der Waals surface area (Å²) < 4.78 is 1.92. The normalized spacial score (nSPS) is 13.5. The SMILES string of the molecule is Cc1cc(N)nc(C)c1CNc1cc(C(=O)c2cn3cc(C4CC4)ccc3n2)ncn1. The molecule has 1 fully saturated rings. The van der Waals surface area contributed by atoms with E-state index >= 15 is 0 Å². The van der Waals surface area contributed by atoms with Gasteiger partial charge in [0.1, 0.15) is 35.0 Å². The van der Waals surface area contributed by atoms with E-state index in [1.807, 2.05) is 30.4 Å². The van der Waals surface area contributed by atoms with E-state index in [9.17, 15) is 4.79 Å². The van der Waals surface area contributed by atoms with Gasteiger partial charge in [0.05, 0.1) is 0 Å².